The summed E-state index contributed by atoms with van der Waals surface area (Å²) in [4.78, 5) is 13.8. The fourth-order valence-electron chi connectivity index (χ4n) is 1.76. The molecule has 1 aromatic carbocycles. The molecule has 1 atom stereocenters. The van der Waals surface area contributed by atoms with Crippen LogP contribution in [0.15, 0.2) is 24.3 Å². The molecule has 0 saturated carbocycles. The molecular weight excluding hydrogens is 238 g/mol. The van der Waals surface area contributed by atoms with Gasteiger partial charge in [0.05, 0.1) is 17.7 Å². The second-order valence-electron chi connectivity index (χ2n) is 4.69. The number of likely N-dealkylation sites (N-methyl/N-ethyl adjacent to an activating group) is 1. The molecule has 1 aromatic rings. The third kappa shape index (κ3) is 4.72. The van der Waals surface area contributed by atoms with Gasteiger partial charge in [-0.1, -0.05) is 19.1 Å². The van der Waals surface area contributed by atoms with Gasteiger partial charge in [0.25, 0.3) is 0 Å². The molecule has 0 spiro atoms. The smallest absolute Gasteiger partial charge is 0.237 e. The summed E-state index contributed by atoms with van der Waals surface area (Å²) in [6.07, 6.45) is 0.937. The lowest BCUT2D eigenvalue weighted by molar-refractivity contribution is -0.125. The first-order valence-corrected chi connectivity index (χ1v) is 6.55. The van der Waals surface area contributed by atoms with Crippen LogP contribution in [-0.4, -0.2) is 30.4 Å². The Bertz CT molecular complexity index is 465. The van der Waals surface area contributed by atoms with E-state index in [2.05, 4.69) is 11.4 Å². The van der Waals surface area contributed by atoms with Crippen LogP contribution in [0, 0.1) is 11.3 Å². The minimum absolute atomic E-state index is 0.0424. The Morgan fingerprint density at radius 2 is 2.26 bits per heavy atom. The average molecular weight is 259 g/mol. The lowest BCUT2D eigenvalue weighted by atomic mass is 10.1. The molecule has 1 unspecified atom stereocenters. The van der Waals surface area contributed by atoms with E-state index >= 15 is 0 Å². The number of nitrogens with zero attached hydrogens (tertiary/aromatic N) is 2. The van der Waals surface area contributed by atoms with Gasteiger partial charge in [-0.05, 0) is 38.1 Å². The molecule has 0 heterocycles. The third-order valence-electron chi connectivity index (χ3n) is 3.08. The SMILES string of the molecule is CCCNC(=O)C(C)N(C)Cc1cccc(C#N)c1. The van der Waals surface area contributed by atoms with Crippen molar-refractivity contribution in [3.05, 3.63) is 35.4 Å². The number of rotatable bonds is 6. The fourth-order valence-corrected chi connectivity index (χ4v) is 1.76. The van der Waals surface area contributed by atoms with Gasteiger partial charge in [-0.15, -0.1) is 0 Å². The Hall–Kier alpha value is -1.86. The predicted octanol–water partition coefficient (Wildman–Crippen LogP) is 1.90. The summed E-state index contributed by atoms with van der Waals surface area (Å²) in [5, 5.41) is 11.8. The van der Waals surface area contributed by atoms with Crippen molar-refractivity contribution < 1.29 is 4.79 Å². The molecule has 0 fully saturated rings. The zero-order chi connectivity index (χ0) is 14.3. The molecule has 1 rings (SSSR count). The lowest BCUT2D eigenvalue weighted by Crippen LogP contribution is -2.43. The standard InChI is InChI=1S/C15H21N3O/c1-4-8-17-15(19)12(2)18(3)11-14-7-5-6-13(9-14)10-16/h5-7,9,12H,4,8,11H2,1-3H3,(H,17,19). The van der Waals surface area contributed by atoms with Gasteiger partial charge in [-0.2, -0.15) is 5.26 Å². The summed E-state index contributed by atoms with van der Waals surface area (Å²) in [6.45, 7) is 5.28. The molecule has 4 heteroatoms. The van der Waals surface area contributed by atoms with Gasteiger partial charge in [-0.25, -0.2) is 0 Å². The monoisotopic (exact) mass is 259 g/mol. The molecule has 1 amide bonds. The van der Waals surface area contributed by atoms with Crippen molar-refractivity contribution in [2.24, 2.45) is 0 Å². The van der Waals surface area contributed by atoms with Crippen LogP contribution in [0.4, 0.5) is 0 Å². The van der Waals surface area contributed by atoms with Gasteiger partial charge in [0.15, 0.2) is 0 Å². The Balaban J connectivity index is 2.60. The number of carbonyl (C=O) groups excluding carboxylic acids is 1. The maximum Gasteiger partial charge on any atom is 0.237 e. The number of benzene rings is 1. The van der Waals surface area contributed by atoms with Crippen molar-refractivity contribution in [1.82, 2.24) is 10.2 Å². The van der Waals surface area contributed by atoms with E-state index in [0.717, 1.165) is 12.0 Å². The van der Waals surface area contributed by atoms with E-state index in [0.29, 0.717) is 18.7 Å². The molecule has 0 aliphatic heterocycles. The molecule has 0 saturated heterocycles. The summed E-state index contributed by atoms with van der Waals surface area (Å²) >= 11 is 0. The molecule has 4 nitrogen and oxygen atoms in total. The van der Waals surface area contributed by atoms with E-state index in [-0.39, 0.29) is 11.9 Å². The van der Waals surface area contributed by atoms with Crippen LogP contribution >= 0.6 is 0 Å². The van der Waals surface area contributed by atoms with Crippen LogP contribution in [0.3, 0.4) is 0 Å². The second-order valence-corrected chi connectivity index (χ2v) is 4.69. The van der Waals surface area contributed by atoms with Crippen molar-refractivity contribution in [2.45, 2.75) is 32.9 Å². The van der Waals surface area contributed by atoms with E-state index in [1.807, 2.05) is 44.0 Å². The first-order valence-electron chi connectivity index (χ1n) is 6.55. The predicted molar refractivity (Wildman–Crippen MR) is 75.4 cm³/mol. The molecule has 0 aliphatic carbocycles. The number of amides is 1. The minimum Gasteiger partial charge on any atom is -0.355 e. The van der Waals surface area contributed by atoms with Crippen LogP contribution in [0.5, 0.6) is 0 Å². The summed E-state index contributed by atoms with van der Waals surface area (Å²) in [5.74, 6) is 0.0424. The van der Waals surface area contributed by atoms with Crippen LogP contribution < -0.4 is 5.32 Å². The first kappa shape index (κ1) is 15.2. The largest absolute Gasteiger partial charge is 0.355 e. The first-order chi connectivity index (χ1) is 9.08. The summed E-state index contributed by atoms with van der Waals surface area (Å²) < 4.78 is 0. The van der Waals surface area contributed by atoms with E-state index in [4.69, 9.17) is 5.26 Å². The Labute approximate surface area is 115 Å². The van der Waals surface area contributed by atoms with Gasteiger partial charge in [-0.3, -0.25) is 9.69 Å². The van der Waals surface area contributed by atoms with Gasteiger partial charge in [0.2, 0.25) is 5.91 Å². The molecule has 0 bridgehead atoms. The van der Waals surface area contributed by atoms with Crippen molar-refractivity contribution in [2.75, 3.05) is 13.6 Å². The average Bonchev–Trinajstić information content (AvgIpc) is 2.43. The maximum absolute atomic E-state index is 11.9. The van der Waals surface area contributed by atoms with E-state index in [1.54, 1.807) is 6.07 Å². The van der Waals surface area contributed by atoms with Crippen LogP contribution in [-0.2, 0) is 11.3 Å². The number of hydrogen-bond acceptors (Lipinski definition) is 3. The zero-order valence-electron chi connectivity index (χ0n) is 11.8. The molecule has 0 radical (unpaired) electrons. The number of nitriles is 1. The quantitative estimate of drug-likeness (QED) is 0.849. The maximum atomic E-state index is 11.9. The van der Waals surface area contributed by atoms with Crippen molar-refractivity contribution >= 4 is 5.91 Å². The highest BCUT2D eigenvalue weighted by Crippen LogP contribution is 2.09. The third-order valence-corrected chi connectivity index (χ3v) is 3.08. The van der Waals surface area contributed by atoms with Crippen LogP contribution in [0.2, 0.25) is 0 Å². The van der Waals surface area contributed by atoms with Gasteiger partial charge in [0.1, 0.15) is 0 Å². The molecule has 0 aliphatic rings. The molecule has 102 valence electrons. The highest BCUT2D eigenvalue weighted by molar-refractivity contribution is 5.81. The summed E-state index contributed by atoms with van der Waals surface area (Å²) in [6, 6.07) is 9.40. The summed E-state index contributed by atoms with van der Waals surface area (Å²) in [5.41, 5.74) is 1.69. The molecule has 1 N–H and O–H groups in total. The Kier molecular flexibility index (Phi) is 6.04. The Morgan fingerprint density at radius 3 is 2.89 bits per heavy atom. The topological polar surface area (TPSA) is 56.1 Å². The van der Waals surface area contributed by atoms with Crippen LogP contribution in [0.1, 0.15) is 31.4 Å². The van der Waals surface area contributed by atoms with Crippen molar-refractivity contribution in [3.63, 3.8) is 0 Å². The van der Waals surface area contributed by atoms with E-state index in [9.17, 15) is 4.79 Å². The second kappa shape index (κ2) is 7.55. The minimum atomic E-state index is -0.183. The van der Waals surface area contributed by atoms with Gasteiger partial charge < -0.3 is 5.32 Å². The highest BCUT2D eigenvalue weighted by atomic mass is 16.2. The van der Waals surface area contributed by atoms with Crippen molar-refractivity contribution in [1.29, 1.82) is 5.26 Å². The fraction of sp³-hybridized carbons (Fsp3) is 0.467. The van der Waals surface area contributed by atoms with Gasteiger partial charge >= 0.3 is 0 Å². The van der Waals surface area contributed by atoms with Gasteiger partial charge in [0, 0.05) is 13.1 Å². The number of carbonyl (C=O) groups is 1. The number of nitrogens with one attached hydrogen (secondary N) is 1. The molecule has 0 aromatic heterocycles. The number of hydrogen-bond donors (Lipinski definition) is 1. The van der Waals surface area contributed by atoms with E-state index in [1.165, 1.54) is 0 Å². The highest BCUT2D eigenvalue weighted by Gasteiger charge is 2.17. The molecule has 19 heavy (non-hydrogen) atoms. The normalized spacial score (nSPS) is 11.9. The van der Waals surface area contributed by atoms with E-state index < -0.39 is 0 Å². The molecular formula is C15H21N3O. The summed E-state index contributed by atoms with van der Waals surface area (Å²) in [7, 11) is 1.91. The zero-order valence-corrected chi connectivity index (χ0v) is 11.8. The lowest BCUT2D eigenvalue weighted by Gasteiger charge is -2.23. The van der Waals surface area contributed by atoms with Crippen LogP contribution in [0.25, 0.3) is 0 Å². The van der Waals surface area contributed by atoms with Crippen molar-refractivity contribution in [3.8, 4) is 6.07 Å². The Morgan fingerprint density at radius 1 is 1.53 bits per heavy atom.